The van der Waals surface area contributed by atoms with Gasteiger partial charge in [0.1, 0.15) is 5.82 Å². The summed E-state index contributed by atoms with van der Waals surface area (Å²) >= 11 is 0. The molecule has 0 atom stereocenters. The second kappa shape index (κ2) is 4.56. The predicted octanol–water partition coefficient (Wildman–Crippen LogP) is 2.56. The monoisotopic (exact) mass is 192 g/mol. The van der Waals surface area contributed by atoms with Gasteiger partial charge in [-0.15, -0.1) is 0 Å². The number of halogens is 1. The van der Waals surface area contributed by atoms with Crippen molar-refractivity contribution in [2.45, 2.75) is 13.3 Å². The van der Waals surface area contributed by atoms with Crippen molar-refractivity contribution >= 4 is 11.9 Å². The van der Waals surface area contributed by atoms with E-state index < -0.39 is 0 Å². The van der Waals surface area contributed by atoms with E-state index in [1.807, 2.05) is 6.92 Å². The third kappa shape index (κ3) is 2.19. The Labute approximate surface area is 82.8 Å². The SMILES string of the molecule is CCC(C=N)=C(N)c1ccc(F)cc1. The molecule has 14 heavy (non-hydrogen) atoms. The largest absolute Gasteiger partial charge is 0.398 e. The molecule has 1 aromatic carbocycles. The molecule has 2 nitrogen and oxygen atoms in total. The fraction of sp³-hybridized carbons (Fsp3) is 0.182. The van der Waals surface area contributed by atoms with E-state index in [2.05, 4.69) is 0 Å². The van der Waals surface area contributed by atoms with E-state index in [1.54, 1.807) is 12.1 Å². The van der Waals surface area contributed by atoms with Crippen LogP contribution in [0.15, 0.2) is 29.8 Å². The fourth-order valence-corrected chi connectivity index (χ4v) is 1.19. The van der Waals surface area contributed by atoms with E-state index >= 15 is 0 Å². The molecule has 0 aliphatic heterocycles. The lowest BCUT2D eigenvalue weighted by Gasteiger charge is -2.05. The predicted molar refractivity (Wildman–Crippen MR) is 56.6 cm³/mol. The molecule has 0 saturated carbocycles. The van der Waals surface area contributed by atoms with Gasteiger partial charge in [0, 0.05) is 11.9 Å². The number of benzene rings is 1. The zero-order valence-corrected chi connectivity index (χ0v) is 8.05. The Morgan fingerprint density at radius 2 is 2.00 bits per heavy atom. The van der Waals surface area contributed by atoms with Gasteiger partial charge in [-0.2, -0.15) is 0 Å². The smallest absolute Gasteiger partial charge is 0.123 e. The Bertz CT molecular complexity index is 352. The topological polar surface area (TPSA) is 49.9 Å². The molecule has 0 fully saturated rings. The van der Waals surface area contributed by atoms with E-state index in [0.717, 1.165) is 11.1 Å². The fourth-order valence-electron chi connectivity index (χ4n) is 1.19. The standard InChI is InChI=1S/C11H13FN2/c1-2-8(7-13)11(14)9-3-5-10(12)6-4-9/h3-7,13H,2,14H2,1H3. The highest BCUT2D eigenvalue weighted by molar-refractivity contribution is 5.88. The summed E-state index contributed by atoms with van der Waals surface area (Å²) in [6.45, 7) is 1.93. The maximum Gasteiger partial charge on any atom is 0.123 e. The van der Waals surface area contributed by atoms with Crippen LogP contribution in [0.2, 0.25) is 0 Å². The van der Waals surface area contributed by atoms with Crippen LogP contribution in [-0.4, -0.2) is 6.21 Å². The van der Waals surface area contributed by atoms with E-state index in [1.165, 1.54) is 18.3 Å². The van der Waals surface area contributed by atoms with E-state index in [4.69, 9.17) is 11.1 Å². The molecule has 0 aliphatic carbocycles. The molecule has 1 rings (SSSR count). The average Bonchev–Trinajstić information content (AvgIpc) is 2.20. The molecule has 0 aromatic heterocycles. The molecule has 0 heterocycles. The van der Waals surface area contributed by atoms with Crippen LogP contribution in [0.4, 0.5) is 4.39 Å². The number of rotatable bonds is 3. The van der Waals surface area contributed by atoms with Crippen LogP contribution >= 0.6 is 0 Å². The second-order valence-corrected chi connectivity index (χ2v) is 2.94. The molecule has 0 amide bonds. The first-order chi connectivity index (χ1) is 6.69. The van der Waals surface area contributed by atoms with Gasteiger partial charge >= 0.3 is 0 Å². The first-order valence-corrected chi connectivity index (χ1v) is 4.44. The van der Waals surface area contributed by atoms with Crippen molar-refractivity contribution < 1.29 is 4.39 Å². The molecule has 3 N–H and O–H groups in total. The Morgan fingerprint density at radius 3 is 2.43 bits per heavy atom. The van der Waals surface area contributed by atoms with Crippen molar-refractivity contribution in [3.8, 4) is 0 Å². The summed E-state index contributed by atoms with van der Waals surface area (Å²) in [6, 6.07) is 5.95. The highest BCUT2D eigenvalue weighted by Gasteiger charge is 2.01. The molecular weight excluding hydrogens is 179 g/mol. The van der Waals surface area contributed by atoms with Crippen molar-refractivity contribution in [1.29, 1.82) is 5.41 Å². The van der Waals surface area contributed by atoms with E-state index in [9.17, 15) is 4.39 Å². The molecule has 74 valence electrons. The third-order valence-corrected chi connectivity index (χ3v) is 2.06. The van der Waals surface area contributed by atoms with Gasteiger partial charge in [0.05, 0.1) is 0 Å². The third-order valence-electron chi connectivity index (χ3n) is 2.06. The summed E-state index contributed by atoms with van der Waals surface area (Å²) in [6.07, 6.45) is 1.94. The lowest BCUT2D eigenvalue weighted by atomic mass is 10.1. The number of hydrogen-bond donors (Lipinski definition) is 2. The lowest BCUT2D eigenvalue weighted by molar-refractivity contribution is 0.627. The van der Waals surface area contributed by atoms with Crippen LogP contribution in [-0.2, 0) is 0 Å². The van der Waals surface area contributed by atoms with Crippen molar-refractivity contribution in [2.24, 2.45) is 5.73 Å². The Balaban J connectivity index is 3.10. The lowest BCUT2D eigenvalue weighted by Crippen LogP contribution is -2.02. The van der Waals surface area contributed by atoms with Crippen LogP contribution in [0.1, 0.15) is 18.9 Å². The summed E-state index contributed by atoms with van der Waals surface area (Å²) in [5.74, 6) is -0.283. The Hall–Kier alpha value is -1.64. The van der Waals surface area contributed by atoms with Gasteiger partial charge in [0.25, 0.3) is 0 Å². The Morgan fingerprint density at radius 1 is 1.43 bits per heavy atom. The number of allylic oxidation sites excluding steroid dienone is 1. The zero-order valence-electron chi connectivity index (χ0n) is 8.05. The normalized spacial score (nSPS) is 12.1. The number of nitrogens with two attached hydrogens (primary N) is 1. The minimum Gasteiger partial charge on any atom is -0.398 e. The first-order valence-electron chi connectivity index (χ1n) is 4.44. The molecular formula is C11H13FN2. The highest BCUT2D eigenvalue weighted by atomic mass is 19.1. The maximum absolute atomic E-state index is 12.6. The van der Waals surface area contributed by atoms with Crippen molar-refractivity contribution in [3.05, 3.63) is 41.2 Å². The van der Waals surface area contributed by atoms with Crippen LogP contribution < -0.4 is 5.73 Å². The first kappa shape index (κ1) is 10.4. The highest BCUT2D eigenvalue weighted by Crippen LogP contribution is 2.14. The number of nitrogens with one attached hydrogen (secondary N) is 1. The molecule has 0 radical (unpaired) electrons. The summed E-state index contributed by atoms with van der Waals surface area (Å²) in [4.78, 5) is 0. The quantitative estimate of drug-likeness (QED) is 0.710. The molecule has 1 aromatic rings. The van der Waals surface area contributed by atoms with Gasteiger partial charge < -0.3 is 11.1 Å². The van der Waals surface area contributed by atoms with Gasteiger partial charge in [-0.05, 0) is 41.8 Å². The van der Waals surface area contributed by atoms with Gasteiger partial charge in [0.15, 0.2) is 0 Å². The summed E-state index contributed by atoms with van der Waals surface area (Å²) < 4.78 is 12.6. The van der Waals surface area contributed by atoms with E-state index in [0.29, 0.717) is 12.1 Å². The maximum atomic E-state index is 12.6. The molecule has 0 spiro atoms. The van der Waals surface area contributed by atoms with Gasteiger partial charge in [-0.1, -0.05) is 6.92 Å². The summed E-state index contributed by atoms with van der Waals surface area (Å²) in [7, 11) is 0. The minimum absolute atomic E-state index is 0.283. The van der Waals surface area contributed by atoms with Crippen molar-refractivity contribution in [3.63, 3.8) is 0 Å². The van der Waals surface area contributed by atoms with Crippen LogP contribution in [0, 0.1) is 11.2 Å². The van der Waals surface area contributed by atoms with Crippen LogP contribution in [0.25, 0.3) is 5.70 Å². The Kier molecular flexibility index (Phi) is 3.40. The van der Waals surface area contributed by atoms with Crippen LogP contribution in [0.3, 0.4) is 0 Å². The van der Waals surface area contributed by atoms with Gasteiger partial charge in [0.2, 0.25) is 0 Å². The molecule has 0 aliphatic rings. The van der Waals surface area contributed by atoms with Gasteiger partial charge in [-0.25, -0.2) is 4.39 Å². The second-order valence-electron chi connectivity index (χ2n) is 2.94. The van der Waals surface area contributed by atoms with E-state index in [-0.39, 0.29) is 5.82 Å². The van der Waals surface area contributed by atoms with Crippen LogP contribution in [0.5, 0.6) is 0 Å². The molecule has 0 saturated heterocycles. The molecule has 0 unspecified atom stereocenters. The molecule has 0 bridgehead atoms. The minimum atomic E-state index is -0.283. The molecule has 3 heteroatoms. The average molecular weight is 192 g/mol. The summed E-state index contributed by atoms with van der Waals surface area (Å²) in [5, 5.41) is 7.14. The van der Waals surface area contributed by atoms with Crippen molar-refractivity contribution in [1.82, 2.24) is 0 Å². The summed E-state index contributed by atoms with van der Waals surface area (Å²) in [5.41, 5.74) is 7.88. The number of hydrogen-bond acceptors (Lipinski definition) is 2. The zero-order chi connectivity index (χ0) is 10.6. The van der Waals surface area contributed by atoms with Gasteiger partial charge in [-0.3, -0.25) is 0 Å². The van der Waals surface area contributed by atoms with Crippen molar-refractivity contribution in [2.75, 3.05) is 0 Å².